The molecule has 0 aliphatic heterocycles. The maximum absolute atomic E-state index is 12.3. The molecule has 0 aliphatic carbocycles. The van der Waals surface area contributed by atoms with Crippen molar-refractivity contribution in [1.82, 2.24) is 0 Å². The molecule has 0 aromatic heterocycles. The molecule has 6 heteroatoms. The van der Waals surface area contributed by atoms with Gasteiger partial charge in [-0.1, -0.05) is 18.7 Å². The van der Waals surface area contributed by atoms with Gasteiger partial charge in [0.05, 0.1) is 0 Å². The number of carboxylic acids is 1. The summed E-state index contributed by atoms with van der Waals surface area (Å²) in [7, 11) is 0. The van der Waals surface area contributed by atoms with Gasteiger partial charge in [0.25, 0.3) is 0 Å². The quantitative estimate of drug-likeness (QED) is 0.678. The van der Waals surface area contributed by atoms with Crippen LogP contribution < -0.4 is 5.73 Å². The molecule has 3 nitrogen and oxygen atoms in total. The van der Waals surface area contributed by atoms with E-state index in [0.29, 0.717) is 0 Å². The van der Waals surface area contributed by atoms with Crippen LogP contribution in [0.2, 0.25) is 0 Å². The number of halogens is 2. The predicted molar refractivity (Wildman–Crippen MR) is 38.7 cm³/mol. The molecule has 0 bridgehead atoms. The molecular weight excluding hydrogens is 176 g/mol. The molecule has 0 amide bonds. The Morgan fingerprint density at radius 3 is 2.55 bits per heavy atom. The highest BCUT2D eigenvalue weighted by Gasteiger charge is 2.40. The van der Waals surface area contributed by atoms with Gasteiger partial charge in [0.2, 0.25) is 0 Å². The van der Waals surface area contributed by atoms with E-state index in [0.717, 1.165) is 0 Å². The lowest BCUT2D eigenvalue weighted by Gasteiger charge is -2.14. The Balaban J connectivity index is 4.01. The predicted octanol–water partition coefficient (Wildman–Crippen LogP) is 0.744. The fraction of sp³-hybridized carbons (Fsp3) is 0.800. The number of nitrogens with two attached hydrogens (primary N) is 1. The molecule has 0 heterocycles. The van der Waals surface area contributed by atoms with Gasteiger partial charge >= 0.3 is 11.2 Å². The molecule has 0 rings (SSSR count). The van der Waals surface area contributed by atoms with Crippen molar-refractivity contribution in [3.05, 3.63) is 0 Å². The minimum absolute atomic E-state index is 0.0353. The lowest BCUT2D eigenvalue weighted by Crippen LogP contribution is -2.28. The number of hydrogen-bond donors (Lipinski definition) is 2. The zero-order valence-corrected chi connectivity index (χ0v) is 6.70. The number of thioether (sulfide) groups is 1. The van der Waals surface area contributed by atoms with Gasteiger partial charge in [-0.05, 0) is 0 Å². The minimum Gasteiger partial charge on any atom is -0.476 e. The van der Waals surface area contributed by atoms with Crippen LogP contribution in [0.25, 0.3) is 0 Å². The van der Waals surface area contributed by atoms with Gasteiger partial charge in [0.15, 0.2) is 0 Å². The lowest BCUT2D eigenvalue weighted by molar-refractivity contribution is -0.152. The van der Waals surface area contributed by atoms with E-state index in [2.05, 4.69) is 0 Å². The summed E-state index contributed by atoms with van der Waals surface area (Å²) >= 11 is 0.0521. The average Bonchev–Trinajstić information content (AvgIpc) is 1.86. The summed E-state index contributed by atoms with van der Waals surface area (Å²) in [6, 6.07) is 0. The first-order chi connectivity index (χ1) is 4.90. The Bertz CT molecular complexity index is 153. The van der Waals surface area contributed by atoms with E-state index in [1.165, 1.54) is 6.92 Å². The molecule has 1 atom stereocenters. The topological polar surface area (TPSA) is 63.3 Å². The Kier molecular flexibility index (Phi) is 3.74. The molecule has 11 heavy (non-hydrogen) atoms. The summed E-state index contributed by atoms with van der Waals surface area (Å²) in [5.74, 6) is -2.12. The van der Waals surface area contributed by atoms with Crippen LogP contribution in [-0.4, -0.2) is 28.1 Å². The standard InChI is InChI=1S/C5H9F2NO2S/c1-3(2-8)11-5(6,7)4(9)10/h3H,2,8H2,1H3,(H,9,10). The van der Waals surface area contributed by atoms with E-state index in [1.54, 1.807) is 0 Å². The van der Waals surface area contributed by atoms with Crippen LogP contribution in [-0.2, 0) is 4.79 Å². The molecule has 0 spiro atoms. The second-order valence-electron chi connectivity index (χ2n) is 1.99. The normalized spacial score (nSPS) is 14.5. The number of carbonyl (C=O) groups is 1. The fourth-order valence-corrected chi connectivity index (χ4v) is 1.05. The van der Waals surface area contributed by atoms with Crippen LogP contribution in [0.15, 0.2) is 0 Å². The van der Waals surface area contributed by atoms with Crippen LogP contribution in [0, 0.1) is 0 Å². The van der Waals surface area contributed by atoms with Gasteiger partial charge in [-0.2, -0.15) is 8.78 Å². The highest BCUT2D eigenvalue weighted by Crippen LogP contribution is 2.32. The number of carboxylic acid groups (broad SMARTS) is 1. The van der Waals surface area contributed by atoms with Gasteiger partial charge in [0, 0.05) is 11.8 Å². The van der Waals surface area contributed by atoms with E-state index >= 15 is 0 Å². The Labute approximate surface area is 66.9 Å². The van der Waals surface area contributed by atoms with Crippen molar-refractivity contribution in [3.63, 3.8) is 0 Å². The van der Waals surface area contributed by atoms with Crippen molar-refractivity contribution in [1.29, 1.82) is 0 Å². The Morgan fingerprint density at radius 1 is 1.82 bits per heavy atom. The van der Waals surface area contributed by atoms with Crippen LogP contribution >= 0.6 is 11.8 Å². The number of aliphatic carboxylic acids is 1. The smallest absolute Gasteiger partial charge is 0.389 e. The fourth-order valence-electron chi connectivity index (χ4n) is 0.351. The van der Waals surface area contributed by atoms with E-state index in [4.69, 9.17) is 10.8 Å². The first kappa shape index (κ1) is 10.6. The zero-order chi connectivity index (χ0) is 9.07. The molecule has 66 valence electrons. The summed E-state index contributed by atoms with van der Waals surface area (Å²) in [5.41, 5.74) is 5.03. The molecule has 0 aromatic carbocycles. The van der Waals surface area contributed by atoms with Crippen LogP contribution in [0.3, 0.4) is 0 Å². The minimum atomic E-state index is -3.72. The molecule has 0 aliphatic rings. The molecule has 0 fully saturated rings. The SMILES string of the molecule is CC(CN)SC(F)(F)C(=O)O. The number of alkyl halides is 2. The third-order valence-electron chi connectivity index (χ3n) is 0.930. The van der Waals surface area contributed by atoms with Gasteiger partial charge in [0.1, 0.15) is 0 Å². The third-order valence-corrected chi connectivity index (χ3v) is 2.00. The summed E-state index contributed by atoms with van der Waals surface area (Å²) in [5, 5.41) is 3.70. The van der Waals surface area contributed by atoms with Crippen LogP contribution in [0.1, 0.15) is 6.92 Å². The van der Waals surface area contributed by atoms with Gasteiger partial charge in [-0.25, -0.2) is 4.79 Å². The van der Waals surface area contributed by atoms with Crippen LogP contribution in [0.5, 0.6) is 0 Å². The van der Waals surface area contributed by atoms with Crippen molar-refractivity contribution < 1.29 is 18.7 Å². The highest BCUT2D eigenvalue weighted by atomic mass is 32.2. The monoisotopic (exact) mass is 185 g/mol. The van der Waals surface area contributed by atoms with Gasteiger partial charge < -0.3 is 10.8 Å². The summed E-state index contributed by atoms with van der Waals surface area (Å²) in [4.78, 5) is 9.86. The number of hydrogen-bond acceptors (Lipinski definition) is 3. The molecule has 0 aromatic rings. The average molecular weight is 185 g/mol. The molecule has 0 radical (unpaired) electrons. The molecule has 0 saturated heterocycles. The Morgan fingerprint density at radius 2 is 2.27 bits per heavy atom. The summed E-state index contributed by atoms with van der Waals surface area (Å²) in [6.45, 7) is 1.48. The summed E-state index contributed by atoms with van der Waals surface area (Å²) in [6.07, 6.45) is 0. The number of rotatable bonds is 4. The molecular formula is C5H9F2NO2S. The van der Waals surface area contributed by atoms with E-state index in [-0.39, 0.29) is 18.3 Å². The summed E-state index contributed by atoms with van der Waals surface area (Å²) < 4.78 is 24.6. The first-order valence-corrected chi connectivity index (χ1v) is 3.77. The van der Waals surface area contributed by atoms with Crippen molar-refractivity contribution in [3.8, 4) is 0 Å². The second-order valence-corrected chi connectivity index (χ2v) is 3.54. The first-order valence-electron chi connectivity index (χ1n) is 2.89. The van der Waals surface area contributed by atoms with Crippen molar-refractivity contribution in [2.45, 2.75) is 17.4 Å². The Hall–Kier alpha value is -0.360. The third kappa shape index (κ3) is 3.52. The van der Waals surface area contributed by atoms with Crippen molar-refractivity contribution >= 4 is 17.7 Å². The maximum atomic E-state index is 12.3. The van der Waals surface area contributed by atoms with Gasteiger partial charge in [-0.15, -0.1) is 0 Å². The van der Waals surface area contributed by atoms with Crippen molar-refractivity contribution in [2.24, 2.45) is 5.73 Å². The van der Waals surface area contributed by atoms with E-state index < -0.39 is 16.5 Å². The van der Waals surface area contributed by atoms with Crippen LogP contribution in [0.4, 0.5) is 8.78 Å². The van der Waals surface area contributed by atoms with Gasteiger partial charge in [-0.3, -0.25) is 0 Å². The second kappa shape index (κ2) is 3.87. The van der Waals surface area contributed by atoms with E-state index in [9.17, 15) is 13.6 Å². The lowest BCUT2D eigenvalue weighted by atomic mass is 10.5. The molecule has 3 N–H and O–H groups in total. The highest BCUT2D eigenvalue weighted by molar-refractivity contribution is 8.01. The molecule has 1 unspecified atom stereocenters. The largest absolute Gasteiger partial charge is 0.476 e. The van der Waals surface area contributed by atoms with E-state index in [1.807, 2.05) is 0 Å². The maximum Gasteiger partial charge on any atom is 0.389 e. The zero-order valence-electron chi connectivity index (χ0n) is 5.88. The van der Waals surface area contributed by atoms with Crippen molar-refractivity contribution in [2.75, 3.05) is 6.54 Å². The molecule has 0 saturated carbocycles.